The standard InChI is InChI=1S/C15H14N4O3/c20-13-11(14(21)19-15(22)18-13)12-10(16-8-17-12)7-6-9-4-2-1-3-5-9/h1-5,8,11H,6-7H2,(H,16,17)(H2,18,19,20,21,22). The predicted molar refractivity (Wildman–Crippen MR) is 76.9 cm³/mol. The molecule has 22 heavy (non-hydrogen) atoms. The quantitative estimate of drug-likeness (QED) is 0.721. The van der Waals surface area contributed by atoms with Gasteiger partial charge in [0.15, 0.2) is 5.92 Å². The topological polar surface area (TPSA) is 104 Å². The van der Waals surface area contributed by atoms with Crippen molar-refractivity contribution in [3.63, 3.8) is 0 Å². The Morgan fingerprint density at radius 1 is 0.955 bits per heavy atom. The molecule has 3 N–H and O–H groups in total. The predicted octanol–water partition coefficient (Wildman–Crippen LogP) is 0.644. The molecule has 0 spiro atoms. The molecular weight excluding hydrogens is 284 g/mol. The molecule has 112 valence electrons. The van der Waals surface area contributed by atoms with Gasteiger partial charge in [-0.2, -0.15) is 0 Å². The molecule has 1 saturated heterocycles. The second-order valence-corrected chi connectivity index (χ2v) is 4.99. The second kappa shape index (κ2) is 5.80. The Morgan fingerprint density at radius 2 is 1.64 bits per heavy atom. The SMILES string of the molecule is O=C1NC(=O)C(c2nc[nH]c2CCc2ccccc2)C(=O)N1. The van der Waals surface area contributed by atoms with Crippen molar-refractivity contribution in [1.29, 1.82) is 0 Å². The number of barbiturate groups is 1. The van der Waals surface area contributed by atoms with Gasteiger partial charge in [-0.25, -0.2) is 9.78 Å². The Morgan fingerprint density at radius 3 is 2.32 bits per heavy atom. The number of nitrogens with one attached hydrogen (secondary N) is 3. The first-order valence-corrected chi connectivity index (χ1v) is 6.87. The van der Waals surface area contributed by atoms with Gasteiger partial charge in [0.2, 0.25) is 11.8 Å². The van der Waals surface area contributed by atoms with Crippen molar-refractivity contribution in [2.45, 2.75) is 18.8 Å². The van der Waals surface area contributed by atoms with Gasteiger partial charge in [0.05, 0.1) is 12.0 Å². The summed E-state index contributed by atoms with van der Waals surface area (Å²) in [6.45, 7) is 0. The largest absolute Gasteiger partial charge is 0.348 e. The number of urea groups is 1. The summed E-state index contributed by atoms with van der Waals surface area (Å²) >= 11 is 0. The summed E-state index contributed by atoms with van der Waals surface area (Å²) < 4.78 is 0. The monoisotopic (exact) mass is 298 g/mol. The molecule has 3 rings (SSSR count). The number of imide groups is 2. The number of imidazole rings is 1. The molecule has 1 fully saturated rings. The Hall–Kier alpha value is -2.96. The molecule has 0 atom stereocenters. The molecule has 0 bridgehead atoms. The lowest BCUT2D eigenvalue weighted by Crippen LogP contribution is -2.54. The van der Waals surface area contributed by atoms with E-state index in [0.717, 1.165) is 12.0 Å². The fourth-order valence-corrected chi connectivity index (χ4v) is 2.46. The van der Waals surface area contributed by atoms with Crippen molar-refractivity contribution in [3.8, 4) is 0 Å². The summed E-state index contributed by atoms with van der Waals surface area (Å²) in [5.74, 6) is -2.40. The summed E-state index contributed by atoms with van der Waals surface area (Å²) in [6.07, 6.45) is 2.82. The van der Waals surface area contributed by atoms with E-state index in [1.165, 1.54) is 6.33 Å². The van der Waals surface area contributed by atoms with Crippen LogP contribution in [0.3, 0.4) is 0 Å². The van der Waals surface area contributed by atoms with E-state index in [9.17, 15) is 14.4 Å². The highest BCUT2D eigenvalue weighted by Crippen LogP contribution is 2.21. The van der Waals surface area contributed by atoms with Gasteiger partial charge in [-0.3, -0.25) is 20.2 Å². The van der Waals surface area contributed by atoms with Gasteiger partial charge in [0, 0.05) is 5.69 Å². The molecule has 1 aromatic heterocycles. The van der Waals surface area contributed by atoms with E-state index in [2.05, 4.69) is 20.6 Å². The van der Waals surface area contributed by atoms with E-state index < -0.39 is 23.8 Å². The Kier molecular flexibility index (Phi) is 3.69. The number of rotatable bonds is 4. The molecule has 1 aliphatic rings. The zero-order valence-corrected chi connectivity index (χ0v) is 11.6. The molecule has 0 saturated carbocycles. The summed E-state index contributed by atoms with van der Waals surface area (Å²) in [7, 11) is 0. The number of aryl methyl sites for hydroxylation is 2. The van der Waals surface area contributed by atoms with Crippen molar-refractivity contribution < 1.29 is 14.4 Å². The number of H-pyrrole nitrogens is 1. The third-order valence-electron chi connectivity index (χ3n) is 3.53. The lowest BCUT2D eigenvalue weighted by atomic mass is 9.97. The number of benzene rings is 1. The van der Waals surface area contributed by atoms with Crippen LogP contribution in [-0.2, 0) is 22.4 Å². The Bertz CT molecular complexity index is 703. The summed E-state index contributed by atoms with van der Waals surface area (Å²) in [5.41, 5.74) is 2.22. The third-order valence-corrected chi connectivity index (χ3v) is 3.53. The minimum Gasteiger partial charge on any atom is -0.348 e. The minimum absolute atomic E-state index is 0.360. The van der Waals surface area contributed by atoms with Crippen LogP contribution in [-0.4, -0.2) is 27.8 Å². The van der Waals surface area contributed by atoms with Gasteiger partial charge in [-0.1, -0.05) is 30.3 Å². The molecule has 0 aliphatic carbocycles. The van der Waals surface area contributed by atoms with Crippen molar-refractivity contribution in [2.75, 3.05) is 0 Å². The van der Waals surface area contributed by atoms with Crippen molar-refractivity contribution >= 4 is 17.8 Å². The smallest absolute Gasteiger partial charge is 0.328 e. The Balaban J connectivity index is 1.78. The van der Waals surface area contributed by atoms with E-state index in [0.29, 0.717) is 17.8 Å². The van der Waals surface area contributed by atoms with Crippen LogP contribution in [0.5, 0.6) is 0 Å². The lowest BCUT2D eigenvalue weighted by Gasteiger charge is -2.20. The van der Waals surface area contributed by atoms with Crippen LogP contribution in [0.15, 0.2) is 36.7 Å². The minimum atomic E-state index is -1.10. The highest BCUT2D eigenvalue weighted by molar-refractivity contribution is 6.19. The summed E-state index contributed by atoms with van der Waals surface area (Å²) in [5, 5.41) is 4.17. The number of hydrogen-bond donors (Lipinski definition) is 3. The van der Waals surface area contributed by atoms with Crippen LogP contribution < -0.4 is 10.6 Å². The number of amides is 4. The average molecular weight is 298 g/mol. The number of carbonyl (C=O) groups is 3. The second-order valence-electron chi connectivity index (χ2n) is 4.99. The van der Waals surface area contributed by atoms with Gasteiger partial charge >= 0.3 is 6.03 Å². The molecular formula is C15H14N4O3. The first-order valence-electron chi connectivity index (χ1n) is 6.87. The van der Waals surface area contributed by atoms with Gasteiger partial charge in [0.1, 0.15) is 0 Å². The maximum absolute atomic E-state index is 11.9. The first kappa shape index (κ1) is 14.0. The zero-order valence-electron chi connectivity index (χ0n) is 11.6. The van der Waals surface area contributed by atoms with Crippen LogP contribution in [0.4, 0.5) is 4.79 Å². The van der Waals surface area contributed by atoms with E-state index >= 15 is 0 Å². The number of nitrogens with zero attached hydrogens (tertiary/aromatic N) is 1. The third kappa shape index (κ3) is 2.73. The van der Waals surface area contributed by atoms with Crippen molar-refractivity contribution in [3.05, 3.63) is 53.6 Å². The molecule has 2 aromatic rings. The van der Waals surface area contributed by atoms with Crippen LogP contribution in [0.1, 0.15) is 22.9 Å². The molecule has 1 aromatic carbocycles. The summed E-state index contributed by atoms with van der Waals surface area (Å²) in [6, 6.07) is 9.07. The first-order chi connectivity index (χ1) is 10.6. The normalized spacial score (nSPS) is 15.5. The van der Waals surface area contributed by atoms with E-state index in [-0.39, 0.29) is 0 Å². The highest BCUT2D eigenvalue weighted by Gasteiger charge is 2.38. The molecule has 7 nitrogen and oxygen atoms in total. The molecule has 0 unspecified atom stereocenters. The number of carbonyl (C=O) groups excluding carboxylic acids is 3. The lowest BCUT2D eigenvalue weighted by molar-refractivity contribution is -0.132. The number of aromatic nitrogens is 2. The summed E-state index contributed by atoms with van der Waals surface area (Å²) in [4.78, 5) is 41.9. The Labute approximate surface area is 126 Å². The van der Waals surface area contributed by atoms with Gasteiger partial charge in [-0.15, -0.1) is 0 Å². The van der Waals surface area contributed by atoms with Crippen molar-refractivity contribution in [2.24, 2.45) is 0 Å². The fraction of sp³-hybridized carbons (Fsp3) is 0.200. The molecule has 2 heterocycles. The number of aromatic amines is 1. The van der Waals surface area contributed by atoms with Crippen LogP contribution >= 0.6 is 0 Å². The van der Waals surface area contributed by atoms with Gasteiger partial charge < -0.3 is 4.98 Å². The fourth-order valence-electron chi connectivity index (χ4n) is 2.46. The van der Waals surface area contributed by atoms with Gasteiger partial charge in [0.25, 0.3) is 0 Å². The van der Waals surface area contributed by atoms with E-state index in [1.54, 1.807) is 0 Å². The van der Waals surface area contributed by atoms with Gasteiger partial charge in [-0.05, 0) is 18.4 Å². The highest BCUT2D eigenvalue weighted by atomic mass is 16.2. The van der Waals surface area contributed by atoms with E-state index in [4.69, 9.17) is 0 Å². The van der Waals surface area contributed by atoms with Crippen LogP contribution in [0, 0.1) is 0 Å². The molecule has 0 radical (unpaired) electrons. The molecule has 4 amide bonds. The van der Waals surface area contributed by atoms with Crippen molar-refractivity contribution in [1.82, 2.24) is 20.6 Å². The van der Waals surface area contributed by atoms with E-state index in [1.807, 2.05) is 30.3 Å². The maximum atomic E-state index is 11.9. The van der Waals surface area contributed by atoms with Crippen LogP contribution in [0.25, 0.3) is 0 Å². The zero-order chi connectivity index (χ0) is 15.5. The van der Waals surface area contributed by atoms with Crippen LogP contribution in [0.2, 0.25) is 0 Å². The molecule has 1 aliphatic heterocycles. The number of hydrogen-bond acceptors (Lipinski definition) is 4. The molecule has 7 heteroatoms. The maximum Gasteiger partial charge on any atom is 0.328 e. The average Bonchev–Trinajstić information content (AvgIpc) is 2.93.